The first kappa shape index (κ1) is 18.6. The molecule has 1 rings (SSSR count). The fraction of sp³-hybridized carbons (Fsp3) is 0.727. The van der Waals surface area contributed by atoms with Crippen LogP contribution in [-0.2, 0) is 14.4 Å². The number of rotatable bonds is 1. The van der Waals surface area contributed by atoms with Gasteiger partial charge in [-0.1, -0.05) is 0 Å². The van der Waals surface area contributed by atoms with E-state index in [1.807, 2.05) is 0 Å². The molecular formula is C11H16NO10. The maximum absolute atomic E-state index is 11.7. The van der Waals surface area contributed by atoms with Crippen LogP contribution in [-0.4, -0.2) is 102 Å². The zero-order chi connectivity index (χ0) is 17.2. The van der Waals surface area contributed by atoms with Crippen molar-refractivity contribution < 1.29 is 50.1 Å². The minimum absolute atomic E-state index is 1.04. The molecule has 0 aromatic heterocycles. The van der Waals surface area contributed by atoms with E-state index in [0.29, 0.717) is 0 Å². The second kappa shape index (κ2) is 7.19. The standard InChI is InChI=1S/C11H16NO10/c13-1-2-3(14)4(15)5(16)6(17)7(18)8(19)9(20)10(21)11(22)12-2/h2,4-10,15-21H,(H,12,22)/t2-,4?,5?,6?,7?,8?,9?,10?/m1/s1. The molecule has 125 valence electrons. The lowest BCUT2D eigenvalue weighted by atomic mass is 9.93. The molecule has 0 bridgehead atoms. The average molecular weight is 322 g/mol. The van der Waals surface area contributed by atoms with Gasteiger partial charge in [0.25, 0.3) is 5.91 Å². The van der Waals surface area contributed by atoms with Crippen LogP contribution in [0.4, 0.5) is 0 Å². The Morgan fingerprint density at radius 1 is 0.727 bits per heavy atom. The number of Topliss-reactive ketones (excluding diaryl/α,β-unsaturated/α-hetero) is 1. The van der Waals surface area contributed by atoms with Crippen LogP contribution in [0.15, 0.2) is 0 Å². The van der Waals surface area contributed by atoms with E-state index in [9.17, 15) is 50.1 Å². The minimum Gasteiger partial charge on any atom is -0.387 e. The van der Waals surface area contributed by atoms with Crippen LogP contribution in [0.25, 0.3) is 0 Å². The molecule has 1 amide bonds. The highest BCUT2D eigenvalue weighted by molar-refractivity contribution is 6.03. The van der Waals surface area contributed by atoms with Crippen molar-refractivity contribution in [3.05, 3.63) is 0 Å². The third-order valence-corrected chi connectivity index (χ3v) is 3.30. The Morgan fingerprint density at radius 2 is 1.14 bits per heavy atom. The Labute approximate surface area is 123 Å². The summed E-state index contributed by atoms with van der Waals surface area (Å²) in [6.45, 7) is 0. The molecule has 8 N–H and O–H groups in total. The van der Waals surface area contributed by atoms with E-state index in [1.165, 1.54) is 0 Å². The minimum atomic E-state index is -2.41. The van der Waals surface area contributed by atoms with Gasteiger partial charge in [-0.2, -0.15) is 0 Å². The monoisotopic (exact) mass is 322 g/mol. The Balaban J connectivity index is 3.23. The van der Waals surface area contributed by atoms with Gasteiger partial charge in [-0.25, -0.2) is 0 Å². The maximum Gasteiger partial charge on any atom is 0.252 e. The molecule has 1 fully saturated rings. The average Bonchev–Trinajstić information content (AvgIpc) is 2.53. The first-order chi connectivity index (χ1) is 10.1. The molecule has 0 aromatic carbocycles. The van der Waals surface area contributed by atoms with Gasteiger partial charge >= 0.3 is 0 Å². The quantitative estimate of drug-likeness (QED) is 0.214. The number of hydrogen-bond acceptors (Lipinski definition) is 10. The van der Waals surface area contributed by atoms with Gasteiger partial charge in [-0.15, -0.1) is 0 Å². The molecule has 1 saturated heterocycles. The van der Waals surface area contributed by atoms with Crippen LogP contribution in [0.3, 0.4) is 0 Å². The van der Waals surface area contributed by atoms with Gasteiger partial charge in [0, 0.05) is 0 Å². The highest BCUT2D eigenvalue weighted by atomic mass is 16.4. The zero-order valence-corrected chi connectivity index (χ0v) is 11.0. The molecule has 1 aliphatic rings. The Kier molecular flexibility index (Phi) is 6.08. The van der Waals surface area contributed by atoms with Gasteiger partial charge in [0.2, 0.25) is 6.29 Å². The zero-order valence-electron chi connectivity index (χ0n) is 11.0. The third kappa shape index (κ3) is 3.47. The molecule has 1 aliphatic heterocycles. The number of aliphatic hydroxyl groups excluding tert-OH is 7. The predicted molar refractivity (Wildman–Crippen MR) is 64.7 cm³/mol. The predicted octanol–water partition coefficient (Wildman–Crippen LogP) is -6.31. The molecular weight excluding hydrogens is 306 g/mol. The summed E-state index contributed by atoms with van der Waals surface area (Å²) in [5.74, 6) is -2.95. The van der Waals surface area contributed by atoms with E-state index in [2.05, 4.69) is 0 Å². The van der Waals surface area contributed by atoms with Crippen LogP contribution in [0, 0.1) is 0 Å². The topological polar surface area (TPSA) is 205 Å². The van der Waals surface area contributed by atoms with Crippen molar-refractivity contribution in [2.75, 3.05) is 0 Å². The van der Waals surface area contributed by atoms with Crippen LogP contribution >= 0.6 is 0 Å². The van der Waals surface area contributed by atoms with Gasteiger partial charge in [-0.05, 0) is 0 Å². The number of ketones is 1. The second-order valence-electron chi connectivity index (χ2n) is 4.80. The first-order valence-electron chi connectivity index (χ1n) is 6.11. The van der Waals surface area contributed by atoms with Gasteiger partial charge < -0.3 is 41.1 Å². The first-order valence-corrected chi connectivity index (χ1v) is 6.11. The lowest BCUT2D eigenvalue weighted by Gasteiger charge is -2.30. The number of carbonyl (C=O) groups excluding carboxylic acids is 3. The van der Waals surface area contributed by atoms with Crippen molar-refractivity contribution in [3.63, 3.8) is 0 Å². The Hall–Kier alpha value is -1.47. The van der Waals surface area contributed by atoms with Crippen LogP contribution in [0.2, 0.25) is 0 Å². The van der Waals surface area contributed by atoms with Crippen LogP contribution in [0.1, 0.15) is 0 Å². The van der Waals surface area contributed by atoms with Crippen molar-refractivity contribution in [1.82, 2.24) is 5.32 Å². The molecule has 11 heteroatoms. The number of aliphatic hydroxyl groups is 7. The molecule has 0 aromatic rings. The summed E-state index contributed by atoms with van der Waals surface area (Å²) in [6, 6.07) is -2.10. The van der Waals surface area contributed by atoms with E-state index in [-0.39, 0.29) is 0 Å². The van der Waals surface area contributed by atoms with Crippen molar-refractivity contribution in [1.29, 1.82) is 0 Å². The van der Waals surface area contributed by atoms with E-state index in [0.717, 1.165) is 6.29 Å². The van der Waals surface area contributed by atoms with Crippen molar-refractivity contribution in [2.24, 2.45) is 0 Å². The summed E-state index contributed by atoms with van der Waals surface area (Å²) >= 11 is 0. The largest absolute Gasteiger partial charge is 0.387 e. The summed E-state index contributed by atoms with van der Waals surface area (Å²) in [4.78, 5) is 33.9. The SMILES string of the molecule is O=[C][C@H]1NC(=O)C(O)C(O)C(O)C(O)C(O)C(O)C(O)C1=O. The van der Waals surface area contributed by atoms with Crippen LogP contribution in [0.5, 0.6) is 0 Å². The van der Waals surface area contributed by atoms with Gasteiger partial charge in [-0.3, -0.25) is 14.4 Å². The second-order valence-corrected chi connectivity index (χ2v) is 4.80. The lowest BCUT2D eigenvalue weighted by molar-refractivity contribution is -0.171. The smallest absolute Gasteiger partial charge is 0.252 e. The maximum atomic E-state index is 11.7. The van der Waals surface area contributed by atoms with Crippen molar-refractivity contribution in [3.8, 4) is 0 Å². The number of carbonyl (C=O) groups is 2. The number of hydrogen-bond donors (Lipinski definition) is 8. The highest BCUT2D eigenvalue weighted by Gasteiger charge is 2.45. The van der Waals surface area contributed by atoms with E-state index >= 15 is 0 Å². The summed E-state index contributed by atoms with van der Waals surface area (Å²) in [5.41, 5.74) is 0. The van der Waals surface area contributed by atoms with E-state index in [4.69, 9.17) is 0 Å². The van der Waals surface area contributed by atoms with Gasteiger partial charge in [0.1, 0.15) is 36.6 Å². The summed E-state index contributed by atoms with van der Waals surface area (Å²) in [7, 11) is 0. The van der Waals surface area contributed by atoms with Crippen LogP contribution < -0.4 is 5.32 Å². The summed E-state index contributed by atoms with van der Waals surface area (Å²) in [5, 5.41) is 68.5. The molecule has 22 heavy (non-hydrogen) atoms. The fourth-order valence-electron chi connectivity index (χ4n) is 1.86. The molecule has 0 spiro atoms. The Bertz CT molecular complexity index is 443. The lowest BCUT2D eigenvalue weighted by Crippen LogP contribution is -2.56. The third-order valence-electron chi connectivity index (χ3n) is 3.30. The van der Waals surface area contributed by atoms with E-state index < -0.39 is 60.5 Å². The van der Waals surface area contributed by atoms with E-state index in [1.54, 1.807) is 5.32 Å². The molecule has 0 saturated carbocycles. The molecule has 0 aliphatic carbocycles. The van der Waals surface area contributed by atoms with Gasteiger partial charge in [0.15, 0.2) is 17.9 Å². The van der Waals surface area contributed by atoms with Gasteiger partial charge in [0.05, 0.1) is 0 Å². The Morgan fingerprint density at radius 3 is 1.59 bits per heavy atom. The fourth-order valence-corrected chi connectivity index (χ4v) is 1.86. The highest BCUT2D eigenvalue weighted by Crippen LogP contribution is 2.15. The summed E-state index contributed by atoms with van der Waals surface area (Å²) in [6.07, 6.45) is -15.3. The number of amides is 1. The molecule has 1 radical (unpaired) electrons. The summed E-state index contributed by atoms with van der Waals surface area (Å²) < 4.78 is 0. The van der Waals surface area contributed by atoms with Crippen molar-refractivity contribution >= 4 is 18.0 Å². The molecule has 7 unspecified atom stereocenters. The molecule has 8 atom stereocenters. The number of nitrogens with one attached hydrogen (secondary N) is 1. The normalized spacial score (nSPS) is 44.9. The van der Waals surface area contributed by atoms with Crippen molar-refractivity contribution in [2.45, 2.75) is 48.8 Å². The molecule has 11 nitrogen and oxygen atoms in total. The molecule has 1 heterocycles.